The quantitative estimate of drug-likeness (QED) is 0.795. The van der Waals surface area contributed by atoms with Crippen molar-refractivity contribution in [2.45, 2.75) is 6.36 Å². The molecule has 0 unspecified atom stereocenters. The Bertz CT molecular complexity index is 711. The van der Waals surface area contributed by atoms with Crippen molar-refractivity contribution in [3.8, 4) is 22.6 Å². The molecule has 0 spiro atoms. The highest BCUT2D eigenvalue weighted by Crippen LogP contribution is 2.40. The lowest BCUT2D eigenvalue weighted by molar-refractivity contribution is -0.274. The molecule has 0 saturated heterocycles. The van der Waals surface area contributed by atoms with E-state index in [-0.39, 0.29) is 22.4 Å². The molecule has 0 atom stereocenters. The van der Waals surface area contributed by atoms with Crippen LogP contribution < -0.4 is 9.47 Å². The number of esters is 1. The highest BCUT2D eigenvalue weighted by Gasteiger charge is 2.33. The summed E-state index contributed by atoms with van der Waals surface area (Å²) in [7, 11) is 2.54. The van der Waals surface area contributed by atoms with Crippen molar-refractivity contribution < 1.29 is 32.2 Å². The van der Waals surface area contributed by atoms with Gasteiger partial charge in [0.2, 0.25) is 0 Å². The molecule has 0 bridgehead atoms. The number of hydrogen-bond donors (Lipinski definition) is 0. The summed E-state index contributed by atoms with van der Waals surface area (Å²) in [6, 6.07) is 10.0. The van der Waals surface area contributed by atoms with Gasteiger partial charge >= 0.3 is 12.3 Å². The van der Waals surface area contributed by atoms with Crippen LogP contribution in [0.3, 0.4) is 0 Å². The number of alkyl halides is 3. The lowest BCUT2D eigenvalue weighted by Crippen LogP contribution is -2.18. The van der Waals surface area contributed by atoms with Crippen LogP contribution in [-0.4, -0.2) is 26.6 Å². The van der Waals surface area contributed by atoms with Gasteiger partial charge in [-0.1, -0.05) is 24.3 Å². The molecule has 0 aliphatic heterocycles. The summed E-state index contributed by atoms with van der Waals surface area (Å²) in [5.41, 5.74) is 0.314. The molecule has 0 aliphatic carbocycles. The van der Waals surface area contributed by atoms with E-state index in [1.165, 1.54) is 44.6 Å². The van der Waals surface area contributed by atoms with Gasteiger partial charge in [-0.15, -0.1) is 13.2 Å². The van der Waals surface area contributed by atoms with Gasteiger partial charge in [0.05, 0.1) is 19.8 Å². The van der Waals surface area contributed by atoms with Gasteiger partial charge in [0.1, 0.15) is 11.5 Å². The number of methoxy groups -OCH3 is 2. The van der Waals surface area contributed by atoms with Gasteiger partial charge in [-0.2, -0.15) is 0 Å². The molecule has 7 heteroatoms. The molecule has 0 fully saturated rings. The van der Waals surface area contributed by atoms with Crippen LogP contribution in [0.15, 0.2) is 42.5 Å². The van der Waals surface area contributed by atoms with E-state index in [1.54, 1.807) is 6.07 Å². The zero-order valence-electron chi connectivity index (χ0n) is 12.3. The Hall–Kier alpha value is -2.70. The Kier molecular flexibility index (Phi) is 4.78. The second-order valence-electron chi connectivity index (χ2n) is 4.42. The monoisotopic (exact) mass is 326 g/mol. The van der Waals surface area contributed by atoms with Crippen molar-refractivity contribution >= 4 is 5.97 Å². The smallest absolute Gasteiger partial charge is 0.496 e. The van der Waals surface area contributed by atoms with Crippen LogP contribution in [0.1, 0.15) is 10.4 Å². The first kappa shape index (κ1) is 16.7. The number of carbonyl (C=O) groups is 1. The molecule has 0 heterocycles. The van der Waals surface area contributed by atoms with Gasteiger partial charge in [0.15, 0.2) is 0 Å². The second kappa shape index (κ2) is 6.60. The number of para-hydroxylation sites is 1. The molecule has 0 aromatic heterocycles. The Morgan fingerprint density at radius 2 is 1.61 bits per heavy atom. The topological polar surface area (TPSA) is 44.8 Å². The third kappa shape index (κ3) is 3.74. The van der Waals surface area contributed by atoms with E-state index < -0.39 is 18.1 Å². The zero-order valence-corrected chi connectivity index (χ0v) is 12.3. The summed E-state index contributed by atoms with van der Waals surface area (Å²) in [6.45, 7) is 0. The van der Waals surface area contributed by atoms with Crippen LogP contribution >= 0.6 is 0 Å². The number of benzene rings is 2. The van der Waals surface area contributed by atoms with Crippen LogP contribution in [0.4, 0.5) is 13.2 Å². The minimum absolute atomic E-state index is 0.0719. The molecule has 0 aliphatic rings. The zero-order chi connectivity index (χ0) is 17.0. The van der Waals surface area contributed by atoms with Gasteiger partial charge in [-0.05, 0) is 18.2 Å². The van der Waals surface area contributed by atoms with Gasteiger partial charge in [-0.3, -0.25) is 0 Å². The standard InChI is InChI=1S/C16H13F3O4/c1-21-13-9-5-7-11(15(20)22-2)14(13)10-6-3-4-8-12(10)23-16(17,18)19/h3-9H,1-2H3. The van der Waals surface area contributed by atoms with Crippen LogP contribution in [-0.2, 0) is 4.74 Å². The van der Waals surface area contributed by atoms with Crippen molar-refractivity contribution in [3.63, 3.8) is 0 Å². The summed E-state index contributed by atoms with van der Waals surface area (Å²) >= 11 is 0. The Labute approximate surface area is 130 Å². The van der Waals surface area contributed by atoms with Gasteiger partial charge in [-0.25, -0.2) is 4.79 Å². The first-order valence-electron chi connectivity index (χ1n) is 6.48. The summed E-state index contributed by atoms with van der Waals surface area (Å²) in [5.74, 6) is -0.901. The number of hydrogen-bond acceptors (Lipinski definition) is 4. The molecule has 122 valence electrons. The minimum atomic E-state index is -4.86. The first-order valence-corrected chi connectivity index (χ1v) is 6.48. The van der Waals surface area contributed by atoms with Gasteiger partial charge in [0, 0.05) is 11.1 Å². The van der Waals surface area contributed by atoms with Crippen LogP contribution in [0.5, 0.6) is 11.5 Å². The van der Waals surface area contributed by atoms with Gasteiger partial charge in [0.25, 0.3) is 0 Å². The van der Waals surface area contributed by atoms with Crippen molar-refractivity contribution in [3.05, 3.63) is 48.0 Å². The highest BCUT2D eigenvalue weighted by atomic mass is 19.4. The Morgan fingerprint density at radius 3 is 2.22 bits per heavy atom. The fourth-order valence-corrected chi connectivity index (χ4v) is 2.15. The van der Waals surface area contributed by atoms with E-state index in [1.807, 2.05) is 0 Å². The number of rotatable bonds is 4. The lowest BCUT2D eigenvalue weighted by Gasteiger charge is -2.17. The van der Waals surface area contributed by atoms with Crippen LogP contribution in [0.2, 0.25) is 0 Å². The van der Waals surface area contributed by atoms with E-state index in [0.29, 0.717) is 0 Å². The molecular formula is C16H13F3O4. The lowest BCUT2D eigenvalue weighted by atomic mass is 9.97. The minimum Gasteiger partial charge on any atom is -0.496 e. The average molecular weight is 326 g/mol. The predicted molar refractivity (Wildman–Crippen MR) is 76.5 cm³/mol. The predicted octanol–water partition coefficient (Wildman–Crippen LogP) is 4.05. The fraction of sp³-hybridized carbons (Fsp3) is 0.188. The molecule has 0 amide bonds. The Balaban J connectivity index is 2.69. The fourth-order valence-electron chi connectivity index (χ4n) is 2.15. The largest absolute Gasteiger partial charge is 0.573 e. The summed E-state index contributed by atoms with van der Waals surface area (Å²) in [5, 5.41) is 0. The molecule has 2 rings (SSSR count). The molecule has 0 N–H and O–H groups in total. The molecule has 0 radical (unpaired) electrons. The van der Waals surface area contributed by atoms with E-state index in [9.17, 15) is 18.0 Å². The van der Waals surface area contributed by atoms with Crippen molar-refractivity contribution in [2.24, 2.45) is 0 Å². The summed E-state index contributed by atoms with van der Waals surface area (Å²) in [6.07, 6.45) is -4.86. The van der Waals surface area contributed by atoms with Crippen LogP contribution in [0.25, 0.3) is 11.1 Å². The SMILES string of the molecule is COC(=O)c1cccc(OC)c1-c1ccccc1OC(F)(F)F. The van der Waals surface area contributed by atoms with E-state index in [0.717, 1.165) is 6.07 Å². The number of ether oxygens (including phenoxy) is 3. The number of halogens is 3. The maximum atomic E-state index is 12.6. The molecule has 2 aromatic rings. The number of carbonyl (C=O) groups excluding carboxylic acids is 1. The Morgan fingerprint density at radius 1 is 0.957 bits per heavy atom. The van der Waals surface area contributed by atoms with E-state index in [4.69, 9.17) is 4.74 Å². The third-order valence-electron chi connectivity index (χ3n) is 3.03. The van der Waals surface area contributed by atoms with Crippen molar-refractivity contribution in [2.75, 3.05) is 14.2 Å². The molecular weight excluding hydrogens is 313 g/mol. The average Bonchev–Trinajstić information content (AvgIpc) is 2.52. The molecule has 4 nitrogen and oxygen atoms in total. The second-order valence-corrected chi connectivity index (χ2v) is 4.42. The van der Waals surface area contributed by atoms with E-state index in [2.05, 4.69) is 9.47 Å². The van der Waals surface area contributed by atoms with Crippen molar-refractivity contribution in [1.29, 1.82) is 0 Å². The molecule has 2 aromatic carbocycles. The molecule has 23 heavy (non-hydrogen) atoms. The summed E-state index contributed by atoms with van der Waals surface area (Å²) in [4.78, 5) is 11.9. The van der Waals surface area contributed by atoms with Crippen LogP contribution in [0, 0.1) is 0 Å². The maximum Gasteiger partial charge on any atom is 0.573 e. The van der Waals surface area contributed by atoms with E-state index >= 15 is 0 Å². The van der Waals surface area contributed by atoms with Crippen molar-refractivity contribution in [1.82, 2.24) is 0 Å². The normalized spacial score (nSPS) is 11.0. The summed E-state index contributed by atoms with van der Waals surface area (Å²) < 4.78 is 51.7. The highest BCUT2D eigenvalue weighted by molar-refractivity contribution is 6.00. The third-order valence-corrected chi connectivity index (χ3v) is 3.03. The first-order chi connectivity index (χ1) is 10.9. The van der Waals surface area contributed by atoms with Gasteiger partial charge < -0.3 is 14.2 Å². The molecule has 0 saturated carbocycles. The maximum absolute atomic E-state index is 12.6.